The van der Waals surface area contributed by atoms with Crippen LogP contribution < -0.4 is 14.4 Å². The SMILES string of the molecule is Cc1ccc(S(=O)(=O)N(CC(=O)NCCOc2ccc(S(=O)(=O)N3CCCC3)cc2)c2cccc(C)c2)cc1. The molecule has 11 heteroatoms. The highest BCUT2D eigenvalue weighted by Gasteiger charge is 2.28. The highest BCUT2D eigenvalue weighted by atomic mass is 32.2. The minimum absolute atomic E-state index is 0.0981. The van der Waals surface area contributed by atoms with Crippen LogP contribution in [-0.4, -0.2) is 59.8 Å². The van der Waals surface area contributed by atoms with Crippen molar-refractivity contribution < 1.29 is 26.4 Å². The Morgan fingerprint density at radius 1 is 0.872 bits per heavy atom. The van der Waals surface area contributed by atoms with Crippen LogP contribution in [0.3, 0.4) is 0 Å². The van der Waals surface area contributed by atoms with Gasteiger partial charge < -0.3 is 10.1 Å². The molecule has 0 radical (unpaired) electrons. The van der Waals surface area contributed by atoms with Gasteiger partial charge in [-0.05, 0) is 80.8 Å². The fourth-order valence-electron chi connectivity index (χ4n) is 4.27. The molecule has 39 heavy (non-hydrogen) atoms. The maximum absolute atomic E-state index is 13.5. The van der Waals surface area contributed by atoms with Crippen molar-refractivity contribution in [3.8, 4) is 5.75 Å². The lowest BCUT2D eigenvalue weighted by atomic mass is 10.2. The molecule has 0 bridgehead atoms. The van der Waals surface area contributed by atoms with Gasteiger partial charge in [0.25, 0.3) is 10.0 Å². The molecule has 0 aromatic heterocycles. The zero-order chi connectivity index (χ0) is 28.0. The quantitative estimate of drug-likeness (QED) is 0.353. The summed E-state index contributed by atoms with van der Waals surface area (Å²) in [6.45, 7) is 4.66. The Labute approximate surface area is 230 Å². The first-order valence-electron chi connectivity index (χ1n) is 12.7. The van der Waals surface area contributed by atoms with Crippen molar-refractivity contribution in [2.75, 3.05) is 37.1 Å². The molecule has 0 unspecified atom stereocenters. The monoisotopic (exact) mass is 571 g/mol. The Bertz CT molecular complexity index is 1500. The van der Waals surface area contributed by atoms with E-state index in [1.54, 1.807) is 42.5 Å². The second-order valence-electron chi connectivity index (χ2n) is 9.44. The van der Waals surface area contributed by atoms with Gasteiger partial charge in [-0.25, -0.2) is 16.8 Å². The van der Waals surface area contributed by atoms with E-state index in [4.69, 9.17) is 4.74 Å². The number of anilines is 1. The smallest absolute Gasteiger partial charge is 0.264 e. The first kappa shape index (κ1) is 28.6. The van der Waals surface area contributed by atoms with Gasteiger partial charge in [-0.15, -0.1) is 0 Å². The molecule has 1 N–H and O–H groups in total. The zero-order valence-electron chi connectivity index (χ0n) is 22.0. The number of nitrogens with zero attached hydrogens (tertiary/aromatic N) is 2. The van der Waals surface area contributed by atoms with Gasteiger partial charge in [0, 0.05) is 13.1 Å². The Morgan fingerprint density at radius 3 is 2.15 bits per heavy atom. The number of amides is 1. The van der Waals surface area contributed by atoms with E-state index in [0.29, 0.717) is 24.5 Å². The lowest BCUT2D eigenvalue weighted by Gasteiger charge is -2.24. The third-order valence-corrected chi connectivity index (χ3v) is 10.1. The van der Waals surface area contributed by atoms with Gasteiger partial charge in [-0.3, -0.25) is 9.10 Å². The molecule has 1 saturated heterocycles. The van der Waals surface area contributed by atoms with E-state index in [2.05, 4.69) is 5.32 Å². The standard InChI is InChI=1S/C28H33N3O6S2/c1-22-8-12-27(13-9-22)39(35,36)31(24-7-5-6-23(2)20-24)21-28(32)29-16-19-37-25-10-14-26(15-11-25)38(33,34)30-17-3-4-18-30/h5-15,20H,3-4,16-19,21H2,1-2H3,(H,29,32). The summed E-state index contributed by atoms with van der Waals surface area (Å²) in [4.78, 5) is 13.1. The second kappa shape index (κ2) is 12.2. The molecule has 0 atom stereocenters. The van der Waals surface area contributed by atoms with Gasteiger partial charge in [-0.1, -0.05) is 29.8 Å². The third-order valence-electron chi connectivity index (χ3n) is 6.41. The minimum Gasteiger partial charge on any atom is -0.492 e. The van der Waals surface area contributed by atoms with Crippen LogP contribution >= 0.6 is 0 Å². The molecule has 1 heterocycles. The minimum atomic E-state index is -3.99. The number of ether oxygens (including phenoxy) is 1. The number of benzene rings is 3. The summed E-state index contributed by atoms with van der Waals surface area (Å²) in [6.07, 6.45) is 1.74. The van der Waals surface area contributed by atoms with Gasteiger partial charge in [0.15, 0.2) is 0 Å². The molecular formula is C28H33N3O6S2. The average molecular weight is 572 g/mol. The first-order chi connectivity index (χ1) is 18.6. The van der Waals surface area contributed by atoms with E-state index < -0.39 is 32.5 Å². The summed E-state index contributed by atoms with van der Waals surface area (Å²) < 4.78 is 60.5. The molecule has 1 fully saturated rings. The van der Waals surface area contributed by atoms with E-state index in [1.807, 2.05) is 19.9 Å². The number of carbonyl (C=O) groups is 1. The number of nitrogens with one attached hydrogen (secondary N) is 1. The number of rotatable bonds is 11. The Balaban J connectivity index is 1.36. The topological polar surface area (TPSA) is 113 Å². The largest absolute Gasteiger partial charge is 0.492 e. The van der Waals surface area contributed by atoms with Crippen LogP contribution in [0.2, 0.25) is 0 Å². The van der Waals surface area contributed by atoms with Gasteiger partial charge in [0.05, 0.1) is 22.0 Å². The number of aryl methyl sites for hydroxylation is 2. The van der Waals surface area contributed by atoms with Crippen LogP contribution in [0.15, 0.2) is 82.6 Å². The number of sulfonamides is 2. The molecule has 9 nitrogen and oxygen atoms in total. The Hall–Kier alpha value is -3.41. The van der Waals surface area contributed by atoms with E-state index in [0.717, 1.165) is 28.3 Å². The summed E-state index contributed by atoms with van der Waals surface area (Å²) in [7, 11) is -7.49. The Morgan fingerprint density at radius 2 is 1.51 bits per heavy atom. The number of hydrogen-bond acceptors (Lipinski definition) is 6. The molecule has 3 aromatic rings. The predicted octanol–water partition coefficient (Wildman–Crippen LogP) is 3.48. The molecule has 0 spiro atoms. The van der Waals surface area contributed by atoms with Crippen LogP contribution in [0, 0.1) is 13.8 Å². The van der Waals surface area contributed by atoms with Crippen molar-refractivity contribution in [3.63, 3.8) is 0 Å². The second-order valence-corrected chi connectivity index (χ2v) is 13.2. The zero-order valence-corrected chi connectivity index (χ0v) is 23.7. The summed E-state index contributed by atoms with van der Waals surface area (Å²) in [6, 6.07) is 19.6. The van der Waals surface area contributed by atoms with Crippen molar-refractivity contribution in [1.82, 2.24) is 9.62 Å². The molecule has 0 aliphatic carbocycles. The van der Waals surface area contributed by atoms with E-state index >= 15 is 0 Å². The van der Waals surface area contributed by atoms with Crippen molar-refractivity contribution >= 4 is 31.6 Å². The predicted molar refractivity (Wildman–Crippen MR) is 150 cm³/mol. The van der Waals surface area contributed by atoms with Gasteiger partial charge >= 0.3 is 0 Å². The summed E-state index contributed by atoms with van der Waals surface area (Å²) in [5.41, 5.74) is 2.19. The third kappa shape index (κ3) is 6.97. The number of carbonyl (C=O) groups excluding carboxylic acids is 1. The van der Waals surface area contributed by atoms with Crippen molar-refractivity contribution in [1.29, 1.82) is 0 Å². The molecule has 1 aliphatic rings. The van der Waals surface area contributed by atoms with E-state index in [9.17, 15) is 21.6 Å². The molecular weight excluding hydrogens is 538 g/mol. The highest BCUT2D eigenvalue weighted by Crippen LogP contribution is 2.25. The molecule has 208 valence electrons. The molecule has 3 aromatic carbocycles. The van der Waals surface area contributed by atoms with E-state index in [1.165, 1.54) is 28.6 Å². The normalized spacial score (nSPS) is 14.2. The molecule has 4 rings (SSSR count). The molecule has 1 amide bonds. The van der Waals surface area contributed by atoms with Crippen LogP contribution in [0.25, 0.3) is 0 Å². The van der Waals surface area contributed by atoms with Crippen LogP contribution in [0.5, 0.6) is 5.75 Å². The van der Waals surface area contributed by atoms with Crippen molar-refractivity contribution in [2.45, 2.75) is 36.5 Å². The maximum atomic E-state index is 13.5. The maximum Gasteiger partial charge on any atom is 0.264 e. The van der Waals surface area contributed by atoms with Gasteiger partial charge in [0.1, 0.15) is 18.9 Å². The Kier molecular flexibility index (Phi) is 8.94. The fourth-order valence-corrected chi connectivity index (χ4v) is 7.20. The molecule has 0 saturated carbocycles. The van der Waals surface area contributed by atoms with Crippen LogP contribution in [0.4, 0.5) is 5.69 Å². The van der Waals surface area contributed by atoms with Gasteiger partial charge in [0.2, 0.25) is 15.9 Å². The lowest BCUT2D eigenvalue weighted by molar-refractivity contribution is -0.119. The average Bonchev–Trinajstić information content (AvgIpc) is 3.46. The molecule has 1 aliphatic heterocycles. The summed E-state index contributed by atoms with van der Waals surface area (Å²) in [5.74, 6) is -0.0178. The van der Waals surface area contributed by atoms with Crippen LogP contribution in [0.1, 0.15) is 24.0 Å². The summed E-state index contributed by atoms with van der Waals surface area (Å²) in [5, 5.41) is 2.70. The first-order valence-corrected chi connectivity index (χ1v) is 15.6. The van der Waals surface area contributed by atoms with E-state index in [-0.39, 0.29) is 22.9 Å². The summed E-state index contributed by atoms with van der Waals surface area (Å²) >= 11 is 0. The fraction of sp³-hybridized carbons (Fsp3) is 0.321. The number of hydrogen-bond donors (Lipinski definition) is 1. The van der Waals surface area contributed by atoms with Crippen LogP contribution in [-0.2, 0) is 24.8 Å². The van der Waals surface area contributed by atoms with Crippen molar-refractivity contribution in [3.05, 3.63) is 83.9 Å². The highest BCUT2D eigenvalue weighted by molar-refractivity contribution is 7.92. The van der Waals surface area contributed by atoms with Crippen molar-refractivity contribution in [2.24, 2.45) is 0 Å². The lowest BCUT2D eigenvalue weighted by Crippen LogP contribution is -2.42. The van der Waals surface area contributed by atoms with Gasteiger partial charge in [-0.2, -0.15) is 4.31 Å².